The first-order chi connectivity index (χ1) is 10.8. The number of rotatable bonds is 2. The van der Waals surface area contributed by atoms with Gasteiger partial charge in [-0.2, -0.15) is 0 Å². The SMILES string of the molecule is COc1ccc2c(c1)CCC(C1=Cc3ccccc3CC1)=C2. The molecule has 0 spiro atoms. The number of benzene rings is 2. The van der Waals surface area contributed by atoms with Gasteiger partial charge in [0, 0.05) is 0 Å². The smallest absolute Gasteiger partial charge is 0.119 e. The summed E-state index contributed by atoms with van der Waals surface area (Å²) in [6.07, 6.45) is 9.33. The number of ether oxygens (including phenoxy) is 1. The minimum atomic E-state index is 0.960. The summed E-state index contributed by atoms with van der Waals surface area (Å²) >= 11 is 0. The Morgan fingerprint density at radius 2 is 1.41 bits per heavy atom. The average molecular weight is 288 g/mol. The van der Waals surface area contributed by atoms with Crippen LogP contribution in [0.4, 0.5) is 0 Å². The monoisotopic (exact) mass is 288 g/mol. The number of fused-ring (bicyclic) bond motifs is 2. The molecule has 0 bridgehead atoms. The van der Waals surface area contributed by atoms with Crippen LogP contribution in [-0.2, 0) is 12.8 Å². The van der Waals surface area contributed by atoms with Crippen LogP contribution in [0.2, 0.25) is 0 Å². The van der Waals surface area contributed by atoms with Crippen LogP contribution >= 0.6 is 0 Å². The van der Waals surface area contributed by atoms with E-state index in [0.717, 1.165) is 31.4 Å². The van der Waals surface area contributed by atoms with Crippen LogP contribution in [0.5, 0.6) is 5.75 Å². The molecule has 0 fully saturated rings. The van der Waals surface area contributed by atoms with E-state index in [-0.39, 0.29) is 0 Å². The highest BCUT2D eigenvalue weighted by Crippen LogP contribution is 2.35. The maximum atomic E-state index is 5.33. The van der Waals surface area contributed by atoms with E-state index in [2.05, 4.69) is 54.6 Å². The summed E-state index contributed by atoms with van der Waals surface area (Å²) in [5.74, 6) is 0.960. The van der Waals surface area contributed by atoms with Crippen molar-refractivity contribution in [2.75, 3.05) is 7.11 Å². The van der Waals surface area contributed by atoms with Crippen LogP contribution in [0.1, 0.15) is 35.1 Å². The molecule has 0 N–H and O–H groups in total. The van der Waals surface area contributed by atoms with Gasteiger partial charge < -0.3 is 4.74 Å². The van der Waals surface area contributed by atoms with Gasteiger partial charge in [-0.25, -0.2) is 0 Å². The fourth-order valence-corrected chi connectivity index (χ4v) is 3.53. The van der Waals surface area contributed by atoms with Crippen molar-refractivity contribution in [1.82, 2.24) is 0 Å². The van der Waals surface area contributed by atoms with Gasteiger partial charge in [0.1, 0.15) is 5.75 Å². The molecule has 0 aliphatic heterocycles. The maximum absolute atomic E-state index is 5.33. The average Bonchev–Trinajstić information content (AvgIpc) is 2.60. The van der Waals surface area contributed by atoms with Gasteiger partial charge in [-0.1, -0.05) is 42.5 Å². The first kappa shape index (κ1) is 13.4. The second kappa shape index (κ2) is 5.49. The summed E-state index contributed by atoms with van der Waals surface area (Å²) < 4.78 is 5.33. The third-order valence-electron chi connectivity index (χ3n) is 4.80. The number of allylic oxidation sites excluding steroid dienone is 2. The topological polar surface area (TPSA) is 9.23 Å². The number of hydrogen-bond acceptors (Lipinski definition) is 1. The molecule has 1 nitrogen and oxygen atoms in total. The minimum absolute atomic E-state index is 0.960. The first-order valence-electron chi connectivity index (χ1n) is 8.00. The Balaban J connectivity index is 1.69. The summed E-state index contributed by atoms with van der Waals surface area (Å²) in [5, 5.41) is 0. The molecule has 0 saturated heterocycles. The predicted molar refractivity (Wildman–Crippen MR) is 92.0 cm³/mol. The molecule has 2 aromatic carbocycles. The van der Waals surface area contributed by atoms with E-state index in [0.29, 0.717) is 0 Å². The molecular formula is C21H20O. The lowest BCUT2D eigenvalue weighted by atomic mass is 9.83. The molecule has 0 atom stereocenters. The van der Waals surface area contributed by atoms with Gasteiger partial charge >= 0.3 is 0 Å². The van der Waals surface area contributed by atoms with Gasteiger partial charge in [-0.05, 0) is 71.2 Å². The largest absolute Gasteiger partial charge is 0.497 e. The van der Waals surface area contributed by atoms with Gasteiger partial charge in [-0.15, -0.1) is 0 Å². The summed E-state index contributed by atoms with van der Waals surface area (Å²) in [7, 11) is 1.73. The van der Waals surface area contributed by atoms with E-state index in [4.69, 9.17) is 4.74 Å². The van der Waals surface area contributed by atoms with E-state index in [1.165, 1.54) is 33.4 Å². The van der Waals surface area contributed by atoms with Gasteiger partial charge in [0.25, 0.3) is 0 Å². The number of hydrogen-bond donors (Lipinski definition) is 0. The molecular weight excluding hydrogens is 268 g/mol. The van der Waals surface area contributed by atoms with E-state index < -0.39 is 0 Å². The zero-order valence-electron chi connectivity index (χ0n) is 12.9. The summed E-state index contributed by atoms with van der Waals surface area (Å²) in [4.78, 5) is 0. The Bertz CT molecular complexity index is 780. The zero-order valence-corrected chi connectivity index (χ0v) is 12.9. The first-order valence-corrected chi connectivity index (χ1v) is 8.00. The van der Waals surface area contributed by atoms with Crippen molar-refractivity contribution in [1.29, 1.82) is 0 Å². The Hall–Kier alpha value is -2.28. The van der Waals surface area contributed by atoms with Gasteiger partial charge in [0.15, 0.2) is 0 Å². The van der Waals surface area contributed by atoms with Crippen LogP contribution in [0.15, 0.2) is 53.6 Å². The lowest BCUT2D eigenvalue weighted by Gasteiger charge is -2.22. The van der Waals surface area contributed by atoms with Crippen molar-refractivity contribution in [2.24, 2.45) is 0 Å². The molecule has 2 aliphatic rings. The van der Waals surface area contributed by atoms with Gasteiger partial charge in [0.2, 0.25) is 0 Å². The lowest BCUT2D eigenvalue weighted by molar-refractivity contribution is 0.414. The minimum Gasteiger partial charge on any atom is -0.497 e. The van der Waals surface area contributed by atoms with E-state index >= 15 is 0 Å². The van der Waals surface area contributed by atoms with E-state index in [1.54, 1.807) is 7.11 Å². The third kappa shape index (κ3) is 2.37. The van der Waals surface area contributed by atoms with E-state index in [1.807, 2.05) is 0 Å². The molecule has 0 heterocycles. The molecule has 0 saturated carbocycles. The van der Waals surface area contributed by atoms with Gasteiger partial charge in [-0.3, -0.25) is 0 Å². The number of methoxy groups -OCH3 is 1. The molecule has 22 heavy (non-hydrogen) atoms. The van der Waals surface area contributed by atoms with Crippen molar-refractivity contribution < 1.29 is 4.74 Å². The quantitative estimate of drug-likeness (QED) is 0.751. The predicted octanol–water partition coefficient (Wildman–Crippen LogP) is 5.05. The highest BCUT2D eigenvalue weighted by atomic mass is 16.5. The normalized spacial score (nSPS) is 16.2. The Morgan fingerprint density at radius 1 is 0.727 bits per heavy atom. The second-order valence-electron chi connectivity index (χ2n) is 6.10. The van der Waals surface area contributed by atoms with Crippen molar-refractivity contribution in [3.63, 3.8) is 0 Å². The van der Waals surface area contributed by atoms with Crippen molar-refractivity contribution in [2.45, 2.75) is 25.7 Å². The van der Waals surface area contributed by atoms with Crippen LogP contribution in [0, 0.1) is 0 Å². The summed E-state index contributed by atoms with van der Waals surface area (Å²) in [6.45, 7) is 0. The molecule has 110 valence electrons. The summed E-state index contributed by atoms with van der Waals surface area (Å²) in [6, 6.07) is 15.2. The standard InChI is InChI=1S/C21H20O/c1-22-21-11-10-19-13-18(8-9-20(19)14-21)17-7-6-15-4-2-3-5-16(15)12-17/h2-5,10-14H,6-9H2,1H3. The Labute approximate surface area is 131 Å². The molecule has 0 unspecified atom stereocenters. The second-order valence-corrected chi connectivity index (χ2v) is 6.10. The summed E-state index contributed by atoms with van der Waals surface area (Å²) in [5.41, 5.74) is 8.65. The van der Waals surface area contributed by atoms with Crippen molar-refractivity contribution in [3.05, 3.63) is 75.9 Å². The van der Waals surface area contributed by atoms with Gasteiger partial charge in [0.05, 0.1) is 7.11 Å². The highest BCUT2D eigenvalue weighted by molar-refractivity contribution is 5.71. The van der Waals surface area contributed by atoms with E-state index in [9.17, 15) is 0 Å². The maximum Gasteiger partial charge on any atom is 0.119 e. The lowest BCUT2D eigenvalue weighted by Crippen LogP contribution is -2.06. The Morgan fingerprint density at radius 3 is 2.18 bits per heavy atom. The molecule has 2 aromatic rings. The van der Waals surface area contributed by atoms with Crippen molar-refractivity contribution >= 4 is 12.2 Å². The Kier molecular flexibility index (Phi) is 3.34. The van der Waals surface area contributed by atoms with Crippen LogP contribution in [0.3, 0.4) is 0 Å². The number of aryl methyl sites for hydroxylation is 2. The molecule has 0 amide bonds. The molecule has 4 rings (SSSR count). The fraction of sp³-hybridized carbons (Fsp3) is 0.238. The third-order valence-corrected chi connectivity index (χ3v) is 4.80. The highest BCUT2D eigenvalue weighted by Gasteiger charge is 2.17. The molecule has 0 aromatic heterocycles. The molecule has 1 heteroatoms. The fourth-order valence-electron chi connectivity index (χ4n) is 3.53. The zero-order chi connectivity index (χ0) is 14.9. The molecule has 0 radical (unpaired) electrons. The van der Waals surface area contributed by atoms with Crippen LogP contribution in [0.25, 0.3) is 12.2 Å². The van der Waals surface area contributed by atoms with Crippen LogP contribution in [-0.4, -0.2) is 7.11 Å². The van der Waals surface area contributed by atoms with Crippen LogP contribution < -0.4 is 4.74 Å². The van der Waals surface area contributed by atoms with Crippen molar-refractivity contribution in [3.8, 4) is 5.75 Å². The molecule has 2 aliphatic carbocycles.